The maximum absolute atomic E-state index is 11.6. The fraction of sp³-hybridized carbons (Fsp3) is 0.500. The molecule has 1 aliphatic heterocycles. The lowest BCUT2D eigenvalue weighted by molar-refractivity contribution is -0.149. The van der Waals surface area contributed by atoms with Crippen LogP contribution in [0.1, 0.15) is 30.9 Å². The number of benzene rings is 1. The van der Waals surface area contributed by atoms with Gasteiger partial charge in [-0.05, 0) is 12.0 Å². The molecule has 1 aromatic carbocycles. The molecule has 1 aromatic rings. The summed E-state index contributed by atoms with van der Waals surface area (Å²) < 4.78 is 10.4. The molecule has 1 saturated heterocycles. The van der Waals surface area contributed by atoms with Crippen LogP contribution in [0.25, 0.3) is 0 Å². The summed E-state index contributed by atoms with van der Waals surface area (Å²) in [5, 5.41) is 0. The van der Waals surface area contributed by atoms with Gasteiger partial charge in [0.1, 0.15) is 6.10 Å². The average molecular weight is 249 g/mol. The van der Waals surface area contributed by atoms with Crippen molar-refractivity contribution in [3.05, 3.63) is 35.9 Å². The van der Waals surface area contributed by atoms with E-state index in [4.69, 9.17) is 15.2 Å². The van der Waals surface area contributed by atoms with E-state index in [1.807, 2.05) is 30.3 Å². The Hall–Kier alpha value is -1.39. The topological polar surface area (TPSA) is 61.6 Å². The molecule has 0 aliphatic carbocycles. The Kier molecular flexibility index (Phi) is 4.73. The van der Waals surface area contributed by atoms with Gasteiger partial charge in [0.2, 0.25) is 0 Å². The molecule has 0 amide bonds. The standard InChI is InChI=1S/C14H19NO3/c15-13(11-4-2-1-3-5-11)6-7-14(16)18-12-8-9-17-10-12/h1-5,12-13H,6-10,15H2. The summed E-state index contributed by atoms with van der Waals surface area (Å²) in [5.41, 5.74) is 7.07. The number of esters is 1. The Bertz CT molecular complexity index is 374. The van der Waals surface area contributed by atoms with Crippen molar-refractivity contribution < 1.29 is 14.3 Å². The number of nitrogens with two attached hydrogens (primary N) is 1. The van der Waals surface area contributed by atoms with Gasteiger partial charge in [-0.3, -0.25) is 4.79 Å². The maximum atomic E-state index is 11.6. The molecule has 1 fully saturated rings. The molecular formula is C14H19NO3. The molecule has 2 unspecified atom stereocenters. The summed E-state index contributed by atoms with van der Waals surface area (Å²) >= 11 is 0. The molecule has 4 heteroatoms. The van der Waals surface area contributed by atoms with Crippen LogP contribution >= 0.6 is 0 Å². The first-order valence-electron chi connectivity index (χ1n) is 6.33. The van der Waals surface area contributed by atoms with E-state index in [0.717, 1.165) is 12.0 Å². The lowest BCUT2D eigenvalue weighted by atomic mass is 10.0. The SMILES string of the molecule is NC(CCC(=O)OC1CCOC1)c1ccccc1. The summed E-state index contributed by atoms with van der Waals surface area (Å²) in [4.78, 5) is 11.6. The molecular weight excluding hydrogens is 230 g/mol. The summed E-state index contributed by atoms with van der Waals surface area (Å²) in [6.45, 7) is 1.21. The Balaban J connectivity index is 1.72. The smallest absolute Gasteiger partial charge is 0.306 e. The monoisotopic (exact) mass is 249 g/mol. The molecule has 4 nitrogen and oxygen atoms in total. The highest BCUT2D eigenvalue weighted by molar-refractivity contribution is 5.69. The minimum atomic E-state index is -0.183. The number of ether oxygens (including phenoxy) is 2. The number of carbonyl (C=O) groups excluding carboxylic acids is 1. The lowest BCUT2D eigenvalue weighted by Gasteiger charge is -2.13. The van der Waals surface area contributed by atoms with Gasteiger partial charge in [0.25, 0.3) is 0 Å². The van der Waals surface area contributed by atoms with Gasteiger partial charge in [0.05, 0.1) is 13.2 Å². The number of carbonyl (C=O) groups is 1. The van der Waals surface area contributed by atoms with Crippen LogP contribution < -0.4 is 5.73 Å². The van der Waals surface area contributed by atoms with E-state index in [1.54, 1.807) is 0 Å². The number of rotatable bonds is 5. The van der Waals surface area contributed by atoms with Gasteiger partial charge in [-0.2, -0.15) is 0 Å². The van der Waals surface area contributed by atoms with Crippen molar-refractivity contribution in [1.29, 1.82) is 0 Å². The lowest BCUT2D eigenvalue weighted by Crippen LogP contribution is -2.19. The largest absolute Gasteiger partial charge is 0.460 e. The normalized spacial score (nSPS) is 20.6. The van der Waals surface area contributed by atoms with Gasteiger partial charge in [-0.25, -0.2) is 0 Å². The molecule has 1 aliphatic rings. The van der Waals surface area contributed by atoms with Crippen LogP contribution in [-0.4, -0.2) is 25.3 Å². The maximum Gasteiger partial charge on any atom is 0.306 e. The van der Waals surface area contributed by atoms with Gasteiger partial charge in [0, 0.05) is 18.9 Å². The second kappa shape index (κ2) is 6.52. The minimum Gasteiger partial charge on any atom is -0.460 e. The first-order valence-corrected chi connectivity index (χ1v) is 6.33. The first kappa shape index (κ1) is 13.1. The van der Waals surface area contributed by atoms with E-state index in [1.165, 1.54) is 0 Å². The third-order valence-electron chi connectivity index (χ3n) is 3.07. The van der Waals surface area contributed by atoms with E-state index in [9.17, 15) is 4.79 Å². The van der Waals surface area contributed by atoms with Crippen LogP contribution in [-0.2, 0) is 14.3 Å². The molecule has 1 heterocycles. The zero-order chi connectivity index (χ0) is 12.8. The molecule has 0 radical (unpaired) electrons. The van der Waals surface area contributed by atoms with Crippen LogP contribution in [0, 0.1) is 0 Å². The molecule has 0 bridgehead atoms. The van der Waals surface area contributed by atoms with Gasteiger partial charge >= 0.3 is 5.97 Å². The third kappa shape index (κ3) is 3.82. The van der Waals surface area contributed by atoms with Crippen molar-refractivity contribution >= 4 is 5.97 Å². The van der Waals surface area contributed by atoms with Crippen molar-refractivity contribution in [2.24, 2.45) is 5.73 Å². The van der Waals surface area contributed by atoms with Crippen molar-refractivity contribution in [3.8, 4) is 0 Å². The molecule has 0 saturated carbocycles. The fourth-order valence-corrected chi connectivity index (χ4v) is 1.99. The van der Waals surface area contributed by atoms with Crippen LogP contribution in [0.2, 0.25) is 0 Å². The van der Waals surface area contributed by atoms with Crippen molar-refractivity contribution in [2.75, 3.05) is 13.2 Å². The van der Waals surface area contributed by atoms with Crippen LogP contribution in [0.5, 0.6) is 0 Å². The highest BCUT2D eigenvalue weighted by Gasteiger charge is 2.20. The second-order valence-corrected chi connectivity index (χ2v) is 4.53. The highest BCUT2D eigenvalue weighted by Crippen LogP contribution is 2.16. The zero-order valence-electron chi connectivity index (χ0n) is 10.4. The van der Waals surface area contributed by atoms with Gasteiger partial charge in [-0.15, -0.1) is 0 Å². The molecule has 98 valence electrons. The van der Waals surface area contributed by atoms with Crippen LogP contribution in [0.15, 0.2) is 30.3 Å². The third-order valence-corrected chi connectivity index (χ3v) is 3.07. The van der Waals surface area contributed by atoms with Crippen LogP contribution in [0.3, 0.4) is 0 Å². The van der Waals surface area contributed by atoms with Gasteiger partial charge in [-0.1, -0.05) is 30.3 Å². The van der Waals surface area contributed by atoms with Crippen LogP contribution in [0.4, 0.5) is 0 Å². The Morgan fingerprint density at radius 1 is 1.44 bits per heavy atom. The summed E-state index contributed by atoms with van der Waals surface area (Å²) in [6, 6.07) is 9.68. The molecule has 18 heavy (non-hydrogen) atoms. The van der Waals surface area contributed by atoms with Gasteiger partial charge in [0.15, 0.2) is 0 Å². The molecule has 0 aromatic heterocycles. The van der Waals surface area contributed by atoms with E-state index in [-0.39, 0.29) is 18.1 Å². The Morgan fingerprint density at radius 3 is 2.89 bits per heavy atom. The first-order chi connectivity index (χ1) is 8.75. The minimum absolute atomic E-state index is 0.0644. The predicted molar refractivity (Wildman–Crippen MR) is 67.9 cm³/mol. The summed E-state index contributed by atoms with van der Waals surface area (Å²) in [5.74, 6) is -0.183. The van der Waals surface area contributed by atoms with E-state index < -0.39 is 0 Å². The number of hydrogen-bond donors (Lipinski definition) is 1. The fourth-order valence-electron chi connectivity index (χ4n) is 1.99. The molecule has 2 rings (SSSR count). The van der Waals surface area contributed by atoms with E-state index in [0.29, 0.717) is 26.1 Å². The second-order valence-electron chi connectivity index (χ2n) is 4.53. The summed E-state index contributed by atoms with van der Waals surface area (Å²) in [6.07, 6.45) is 1.70. The summed E-state index contributed by atoms with van der Waals surface area (Å²) in [7, 11) is 0. The van der Waals surface area contributed by atoms with Crippen molar-refractivity contribution in [2.45, 2.75) is 31.4 Å². The Morgan fingerprint density at radius 2 is 2.22 bits per heavy atom. The molecule has 2 atom stereocenters. The number of hydrogen-bond acceptors (Lipinski definition) is 4. The Labute approximate surface area is 107 Å². The van der Waals surface area contributed by atoms with Crippen molar-refractivity contribution in [3.63, 3.8) is 0 Å². The quantitative estimate of drug-likeness (QED) is 0.808. The van der Waals surface area contributed by atoms with Gasteiger partial charge < -0.3 is 15.2 Å². The molecule has 2 N–H and O–H groups in total. The highest BCUT2D eigenvalue weighted by atomic mass is 16.6. The van der Waals surface area contributed by atoms with Crippen molar-refractivity contribution in [1.82, 2.24) is 0 Å². The average Bonchev–Trinajstić information content (AvgIpc) is 2.90. The zero-order valence-corrected chi connectivity index (χ0v) is 10.4. The predicted octanol–water partition coefficient (Wildman–Crippen LogP) is 1.80. The molecule has 0 spiro atoms. The van der Waals surface area contributed by atoms with E-state index in [2.05, 4.69) is 0 Å². The van der Waals surface area contributed by atoms with E-state index >= 15 is 0 Å².